The minimum absolute atomic E-state index is 0.0928. The quantitative estimate of drug-likeness (QED) is 0.207. The molecule has 0 N–H and O–H groups in total. The van der Waals surface area contributed by atoms with E-state index < -0.39 is 8.32 Å². The SMILES string of the molecule is CC(C)(C)[Si](C)(C)O[C@@H](/C=C/C=C/[C@]1(C)CCCCC1=O)C1(CCC#Cc2ccccc2)CCC1. The first-order valence-corrected chi connectivity index (χ1v) is 16.5. The van der Waals surface area contributed by atoms with Crippen molar-refractivity contribution in [2.24, 2.45) is 10.8 Å². The van der Waals surface area contributed by atoms with Crippen molar-refractivity contribution in [3.63, 3.8) is 0 Å². The second kappa shape index (κ2) is 11.4. The van der Waals surface area contributed by atoms with Gasteiger partial charge in [0.2, 0.25) is 0 Å². The van der Waals surface area contributed by atoms with E-state index >= 15 is 0 Å². The Labute approximate surface area is 215 Å². The Bertz CT molecular complexity index is 966. The molecule has 1 aromatic rings. The van der Waals surface area contributed by atoms with Crippen molar-refractivity contribution in [1.29, 1.82) is 0 Å². The smallest absolute Gasteiger partial charge is 0.192 e. The van der Waals surface area contributed by atoms with Crippen LogP contribution in [0.15, 0.2) is 54.6 Å². The molecule has 2 saturated carbocycles. The molecule has 0 amide bonds. The van der Waals surface area contributed by atoms with E-state index in [-0.39, 0.29) is 22.0 Å². The molecule has 2 fully saturated rings. The van der Waals surface area contributed by atoms with Crippen molar-refractivity contribution in [2.45, 2.75) is 110 Å². The molecule has 190 valence electrons. The summed E-state index contributed by atoms with van der Waals surface area (Å²) in [7, 11) is -1.94. The van der Waals surface area contributed by atoms with E-state index in [2.05, 4.69) is 89.1 Å². The van der Waals surface area contributed by atoms with Crippen LogP contribution in [0.1, 0.15) is 91.0 Å². The maximum Gasteiger partial charge on any atom is 0.192 e. The molecule has 2 atom stereocenters. The van der Waals surface area contributed by atoms with Crippen LogP contribution in [-0.2, 0) is 9.22 Å². The zero-order chi connectivity index (χ0) is 25.6. The van der Waals surface area contributed by atoms with E-state index in [1.807, 2.05) is 18.2 Å². The number of hydrogen-bond acceptors (Lipinski definition) is 2. The molecule has 0 aromatic heterocycles. The van der Waals surface area contributed by atoms with Gasteiger partial charge in [-0.25, -0.2) is 0 Å². The Hall–Kier alpha value is -1.89. The van der Waals surface area contributed by atoms with E-state index in [4.69, 9.17) is 4.43 Å². The molecule has 2 aliphatic rings. The molecular formula is C32H46O2Si. The Morgan fingerprint density at radius 3 is 2.37 bits per heavy atom. The van der Waals surface area contributed by atoms with Gasteiger partial charge in [0.05, 0.1) is 6.10 Å². The van der Waals surface area contributed by atoms with Crippen LogP contribution in [0.2, 0.25) is 18.1 Å². The molecule has 0 unspecified atom stereocenters. The molecule has 0 aliphatic heterocycles. The van der Waals surface area contributed by atoms with E-state index in [9.17, 15) is 4.79 Å². The topological polar surface area (TPSA) is 26.3 Å². The molecular weight excluding hydrogens is 444 g/mol. The minimum Gasteiger partial charge on any atom is -0.410 e. The van der Waals surface area contributed by atoms with Crippen molar-refractivity contribution >= 4 is 14.1 Å². The van der Waals surface area contributed by atoms with Crippen molar-refractivity contribution in [2.75, 3.05) is 0 Å². The van der Waals surface area contributed by atoms with E-state index in [1.54, 1.807) is 0 Å². The third-order valence-corrected chi connectivity index (χ3v) is 13.2. The standard InChI is InChI=1S/C32H46O2Si/c1-30(2,3)35(5,6)34-29(21-12-14-23-31(4)22-13-11-20-28(31)33)32(25-16-26-32)24-15-10-19-27-17-8-7-9-18-27/h7-9,12,14,17-18,21,23,29H,11,13,15-16,20,22,24-26H2,1-6H3/b21-12+,23-14+/t29-,31-/m0/s1. The van der Waals surface area contributed by atoms with Gasteiger partial charge in [0.25, 0.3) is 0 Å². The summed E-state index contributed by atoms with van der Waals surface area (Å²) in [6.07, 6.45) is 18.2. The van der Waals surface area contributed by atoms with Crippen LogP contribution in [-0.4, -0.2) is 20.2 Å². The number of rotatable bonds is 8. The van der Waals surface area contributed by atoms with Gasteiger partial charge in [-0.3, -0.25) is 4.79 Å². The molecule has 2 aliphatic carbocycles. The van der Waals surface area contributed by atoms with E-state index in [1.165, 1.54) is 19.3 Å². The predicted molar refractivity (Wildman–Crippen MR) is 151 cm³/mol. The lowest BCUT2D eigenvalue weighted by atomic mass is 9.62. The van der Waals surface area contributed by atoms with Crippen LogP contribution in [0, 0.1) is 22.7 Å². The highest BCUT2D eigenvalue weighted by Gasteiger charge is 2.47. The van der Waals surface area contributed by atoms with Gasteiger partial charge in [-0.15, -0.1) is 0 Å². The van der Waals surface area contributed by atoms with Crippen molar-refractivity contribution in [1.82, 2.24) is 0 Å². The Morgan fingerprint density at radius 1 is 1.06 bits per heavy atom. The van der Waals surface area contributed by atoms with Crippen molar-refractivity contribution in [3.05, 3.63) is 60.2 Å². The fraction of sp³-hybridized carbons (Fsp3) is 0.594. The number of benzene rings is 1. The zero-order valence-corrected chi connectivity index (χ0v) is 24.0. The summed E-state index contributed by atoms with van der Waals surface area (Å²) >= 11 is 0. The van der Waals surface area contributed by atoms with Crippen LogP contribution in [0.5, 0.6) is 0 Å². The third-order valence-electron chi connectivity index (χ3n) is 8.78. The number of carbonyl (C=O) groups excluding carboxylic acids is 1. The summed E-state index contributed by atoms with van der Waals surface area (Å²) in [5, 5.41) is 0.162. The van der Waals surface area contributed by atoms with Crippen LogP contribution in [0.4, 0.5) is 0 Å². The molecule has 1 aromatic carbocycles. The summed E-state index contributed by atoms with van der Waals surface area (Å²) in [4.78, 5) is 12.5. The summed E-state index contributed by atoms with van der Waals surface area (Å²) in [6.45, 7) is 13.7. The molecule has 3 rings (SSSR count). The maximum atomic E-state index is 12.5. The average Bonchev–Trinajstić information content (AvgIpc) is 2.77. The lowest BCUT2D eigenvalue weighted by Gasteiger charge is -2.50. The minimum atomic E-state index is -1.94. The summed E-state index contributed by atoms with van der Waals surface area (Å²) < 4.78 is 7.07. The van der Waals surface area contributed by atoms with Gasteiger partial charge < -0.3 is 4.43 Å². The Kier molecular flexibility index (Phi) is 9.05. The summed E-state index contributed by atoms with van der Waals surface area (Å²) in [5.74, 6) is 7.14. The fourth-order valence-electron chi connectivity index (χ4n) is 4.98. The maximum absolute atomic E-state index is 12.5. The molecule has 0 bridgehead atoms. The van der Waals surface area contributed by atoms with E-state index in [0.29, 0.717) is 5.78 Å². The second-order valence-electron chi connectivity index (χ2n) is 12.5. The number of ketones is 1. The molecule has 35 heavy (non-hydrogen) atoms. The molecule has 2 nitrogen and oxygen atoms in total. The molecule has 0 saturated heterocycles. The van der Waals surface area contributed by atoms with Crippen LogP contribution >= 0.6 is 0 Å². The summed E-state index contributed by atoms with van der Waals surface area (Å²) in [6, 6.07) is 10.3. The van der Waals surface area contributed by atoms with Crippen LogP contribution < -0.4 is 0 Å². The monoisotopic (exact) mass is 490 g/mol. The average molecular weight is 491 g/mol. The van der Waals surface area contributed by atoms with Crippen molar-refractivity contribution < 1.29 is 9.22 Å². The normalized spacial score (nSPS) is 23.7. The summed E-state index contributed by atoms with van der Waals surface area (Å²) in [5.41, 5.74) is 0.940. The number of hydrogen-bond donors (Lipinski definition) is 0. The van der Waals surface area contributed by atoms with Crippen LogP contribution in [0.3, 0.4) is 0 Å². The van der Waals surface area contributed by atoms with Gasteiger partial charge in [0.15, 0.2) is 8.32 Å². The zero-order valence-electron chi connectivity index (χ0n) is 23.0. The van der Waals surface area contributed by atoms with Gasteiger partial charge in [-0.05, 0) is 74.7 Å². The molecule has 0 radical (unpaired) electrons. The molecule has 0 spiro atoms. The Balaban J connectivity index is 1.77. The highest BCUT2D eigenvalue weighted by atomic mass is 28.4. The fourth-order valence-corrected chi connectivity index (χ4v) is 6.30. The predicted octanol–water partition coefficient (Wildman–Crippen LogP) is 8.64. The lowest BCUT2D eigenvalue weighted by molar-refractivity contribution is -0.127. The third kappa shape index (κ3) is 7.08. The van der Waals surface area contributed by atoms with E-state index in [0.717, 1.165) is 44.1 Å². The van der Waals surface area contributed by atoms with Gasteiger partial charge in [0, 0.05) is 23.8 Å². The number of carbonyl (C=O) groups is 1. The van der Waals surface area contributed by atoms with Gasteiger partial charge in [-0.1, -0.05) is 88.0 Å². The number of Topliss-reactive ketones (excluding diaryl/α,β-unsaturated/α-hetero) is 1. The first-order valence-electron chi connectivity index (χ1n) is 13.6. The van der Waals surface area contributed by atoms with Gasteiger partial charge >= 0.3 is 0 Å². The molecule has 3 heteroatoms. The lowest BCUT2D eigenvalue weighted by Crippen LogP contribution is -2.51. The Morgan fingerprint density at radius 2 is 1.77 bits per heavy atom. The highest BCUT2D eigenvalue weighted by molar-refractivity contribution is 6.74. The van der Waals surface area contributed by atoms with Gasteiger partial charge in [-0.2, -0.15) is 0 Å². The first kappa shape index (κ1) is 27.7. The second-order valence-corrected chi connectivity index (χ2v) is 17.2. The highest BCUT2D eigenvalue weighted by Crippen LogP contribution is 2.51. The number of allylic oxidation sites excluding steroid dienone is 3. The largest absolute Gasteiger partial charge is 0.410 e. The first-order chi connectivity index (χ1) is 16.5. The van der Waals surface area contributed by atoms with Gasteiger partial charge in [0.1, 0.15) is 5.78 Å². The molecule has 0 heterocycles. The van der Waals surface area contributed by atoms with Crippen molar-refractivity contribution in [3.8, 4) is 11.8 Å². The van der Waals surface area contributed by atoms with Crippen LogP contribution in [0.25, 0.3) is 0 Å².